The number of hydrogen-bond acceptors (Lipinski definition) is 3. The molecule has 1 aromatic heterocycles. The zero-order valence-electron chi connectivity index (χ0n) is 3.38. The number of H-pyrrole nitrogens is 1. The second-order valence-electron chi connectivity index (χ2n) is 0.946. The average Bonchev–Trinajstić information content (AvgIpc) is 1.69. The number of rotatable bonds is 0. The quantitative estimate of drug-likeness (QED) is 0.449. The number of aromatic nitrogens is 3. The van der Waals surface area contributed by atoms with Crippen molar-refractivity contribution in [3.8, 4) is 0 Å². The molecule has 0 atom stereocenters. The third-order valence-corrected chi connectivity index (χ3v) is 0.462. The van der Waals surface area contributed by atoms with Gasteiger partial charge in [-0.2, -0.15) is 5.10 Å². The lowest BCUT2D eigenvalue weighted by atomic mass is 10.9. The van der Waals surface area contributed by atoms with Crippen LogP contribution >= 0.6 is 0 Å². The molecule has 1 aromatic rings. The lowest BCUT2D eigenvalue weighted by molar-refractivity contribution is 0.932. The molecular weight excluding hydrogens is 94.1 g/mol. The predicted molar refractivity (Wildman–Crippen MR) is 21.5 cm³/mol. The van der Waals surface area contributed by atoms with Crippen molar-refractivity contribution in [2.24, 2.45) is 0 Å². The fraction of sp³-hybridized carbons (Fsp3) is 0. The standard InChI is InChI=1S/C3H2N3O/c7-3-1-5-6-2-4-3/h1H,(H,4,6,7). The van der Waals surface area contributed by atoms with Gasteiger partial charge in [-0.3, -0.25) is 4.79 Å². The summed E-state index contributed by atoms with van der Waals surface area (Å²) in [5, 5.41) is 6.45. The molecule has 0 unspecified atom stereocenters. The highest BCUT2D eigenvalue weighted by atomic mass is 16.1. The van der Waals surface area contributed by atoms with Gasteiger partial charge in [-0.1, -0.05) is 0 Å². The Labute approximate surface area is 39.2 Å². The monoisotopic (exact) mass is 96.0 g/mol. The molecule has 7 heavy (non-hydrogen) atoms. The van der Waals surface area contributed by atoms with Crippen molar-refractivity contribution >= 4 is 0 Å². The van der Waals surface area contributed by atoms with Gasteiger partial charge < -0.3 is 4.98 Å². The van der Waals surface area contributed by atoms with E-state index in [1.54, 1.807) is 0 Å². The van der Waals surface area contributed by atoms with Crippen molar-refractivity contribution in [1.29, 1.82) is 0 Å². The molecule has 0 saturated carbocycles. The third kappa shape index (κ3) is 0.819. The largest absolute Gasteiger partial charge is 0.301 e. The molecule has 0 aliphatic heterocycles. The van der Waals surface area contributed by atoms with Gasteiger partial charge in [0.2, 0.25) is 6.33 Å². The Hall–Kier alpha value is -1.19. The maximum absolute atomic E-state index is 10.1. The minimum atomic E-state index is -0.282. The van der Waals surface area contributed by atoms with E-state index in [1.165, 1.54) is 0 Å². The molecule has 0 aliphatic rings. The van der Waals surface area contributed by atoms with Crippen LogP contribution < -0.4 is 5.56 Å². The first-order chi connectivity index (χ1) is 3.39. The van der Waals surface area contributed by atoms with Crippen molar-refractivity contribution in [3.05, 3.63) is 22.9 Å². The molecule has 0 spiro atoms. The van der Waals surface area contributed by atoms with Gasteiger partial charge >= 0.3 is 0 Å². The summed E-state index contributed by atoms with van der Waals surface area (Å²) in [4.78, 5) is 12.3. The predicted octanol–water partition coefficient (Wildman–Crippen LogP) is -1.03. The van der Waals surface area contributed by atoms with Gasteiger partial charge in [0.1, 0.15) is 6.20 Å². The molecular formula is C3H2N3O. The Morgan fingerprint density at radius 1 is 1.86 bits per heavy atom. The fourth-order valence-electron chi connectivity index (χ4n) is 0.223. The summed E-state index contributed by atoms with van der Waals surface area (Å²) < 4.78 is 0. The Morgan fingerprint density at radius 3 is 3.00 bits per heavy atom. The Kier molecular flexibility index (Phi) is 0.856. The average molecular weight is 96.1 g/mol. The van der Waals surface area contributed by atoms with Crippen LogP contribution in [0.3, 0.4) is 0 Å². The zero-order valence-corrected chi connectivity index (χ0v) is 3.38. The van der Waals surface area contributed by atoms with Crippen LogP contribution in [0.25, 0.3) is 0 Å². The van der Waals surface area contributed by atoms with Crippen LogP contribution in [0.2, 0.25) is 0 Å². The van der Waals surface area contributed by atoms with Crippen LogP contribution in [-0.4, -0.2) is 15.2 Å². The normalized spacial score (nSPS) is 8.57. The Morgan fingerprint density at radius 2 is 2.71 bits per heavy atom. The molecule has 1 heterocycles. The van der Waals surface area contributed by atoms with Crippen LogP contribution in [0, 0.1) is 6.33 Å². The van der Waals surface area contributed by atoms with E-state index in [0.29, 0.717) is 0 Å². The minimum absolute atomic E-state index is 0.282. The first-order valence-electron chi connectivity index (χ1n) is 1.67. The third-order valence-electron chi connectivity index (χ3n) is 0.462. The molecule has 0 aromatic carbocycles. The summed E-state index contributed by atoms with van der Waals surface area (Å²) in [6, 6.07) is 0. The van der Waals surface area contributed by atoms with Crippen molar-refractivity contribution < 1.29 is 0 Å². The molecule has 35 valence electrons. The van der Waals surface area contributed by atoms with E-state index in [4.69, 9.17) is 0 Å². The maximum atomic E-state index is 10.1. The second kappa shape index (κ2) is 1.51. The van der Waals surface area contributed by atoms with Crippen LogP contribution in [0.1, 0.15) is 0 Å². The van der Waals surface area contributed by atoms with Gasteiger partial charge in [0.05, 0.1) is 0 Å². The molecule has 1 rings (SSSR count). The Bertz CT molecular complexity index is 176. The van der Waals surface area contributed by atoms with Crippen molar-refractivity contribution in [1.82, 2.24) is 15.2 Å². The summed E-state index contributed by atoms with van der Waals surface area (Å²) in [6.45, 7) is 0. The molecule has 0 fully saturated rings. The van der Waals surface area contributed by atoms with Crippen molar-refractivity contribution in [3.63, 3.8) is 0 Å². The molecule has 4 heteroatoms. The maximum Gasteiger partial charge on any atom is 0.270 e. The SMILES string of the molecule is O=c1cnn[c][nH]1. The molecule has 0 bridgehead atoms. The lowest BCUT2D eigenvalue weighted by Crippen LogP contribution is -2.04. The number of nitrogens with zero attached hydrogens (tertiary/aromatic N) is 2. The van der Waals surface area contributed by atoms with Gasteiger partial charge in [0.15, 0.2) is 0 Å². The topological polar surface area (TPSA) is 58.6 Å². The van der Waals surface area contributed by atoms with E-state index in [0.717, 1.165) is 6.20 Å². The lowest BCUT2D eigenvalue weighted by Gasteiger charge is -1.70. The summed E-state index contributed by atoms with van der Waals surface area (Å²) in [7, 11) is 0. The molecule has 0 saturated heterocycles. The second-order valence-corrected chi connectivity index (χ2v) is 0.946. The van der Waals surface area contributed by atoms with Crippen molar-refractivity contribution in [2.45, 2.75) is 0 Å². The molecule has 1 radical (unpaired) electrons. The summed E-state index contributed by atoms with van der Waals surface area (Å²) in [5.74, 6) is 0. The highest BCUT2D eigenvalue weighted by Gasteiger charge is 1.73. The summed E-state index contributed by atoms with van der Waals surface area (Å²) >= 11 is 0. The minimum Gasteiger partial charge on any atom is -0.301 e. The molecule has 4 nitrogen and oxygen atoms in total. The summed E-state index contributed by atoms with van der Waals surface area (Å²) in [5.41, 5.74) is -0.282. The van der Waals surface area contributed by atoms with E-state index in [2.05, 4.69) is 21.5 Å². The van der Waals surface area contributed by atoms with E-state index >= 15 is 0 Å². The fourth-order valence-corrected chi connectivity index (χ4v) is 0.223. The molecule has 1 N–H and O–H groups in total. The van der Waals surface area contributed by atoms with Gasteiger partial charge in [-0.25, -0.2) is 0 Å². The summed E-state index contributed by atoms with van der Waals surface area (Å²) in [6.07, 6.45) is 3.24. The number of nitrogens with one attached hydrogen (secondary N) is 1. The molecule has 0 aliphatic carbocycles. The molecule has 0 amide bonds. The highest BCUT2D eigenvalue weighted by molar-refractivity contribution is 4.62. The van der Waals surface area contributed by atoms with Gasteiger partial charge in [0, 0.05) is 0 Å². The van der Waals surface area contributed by atoms with Crippen LogP contribution in [0.4, 0.5) is 0 Å². The zero-order chi connectivity index (χ0) is 5.11. The van der Waals surface area contributed by atoms with Gasteiger partial charge in [-0.15, -0.1) is 5.10 Å². The van der Waals surface area contributed by atoms with E-state index in [1.807, 2.05) is 0 Å². The number of aromatic amines is 1. The smallest absolute Gasteiger partial charge is 0.270 e. The van der Waals surface area contributed by atoms with E-state index < -0.39 is 0 Å². The van der Waals surface area contributed by atoms with E-state index in [-0.39, 0.29) is 5.56 Å². The van der Waals surface area contributed by atoms with Crippen LogP contribution in [0.5, 0.6) is 0 Å². The van der Waals surface area contributed by atoms with Gasteiger partial charge in [0.25, 0.3) is 5.56 Å². The van der Waals surface area contributed by atoms with Crippen LogP contribution in [0.15, 0.2) is 11.0 Å². The first kappa shape index (κ1) is 3.98. The number of hydrogen-bond donors (Lipinski definition) is 1. The van der Waals surface area contributed by atoms with Crippen LogP contribution in [-0.2, 0) is 0 Å². The van der Waals surface area contributed by atoms with E-state index in [9.17, 15) is 4.79 Å². The van der Waals surface area contributed by atoms with Crippen molar-refractivity contribution in [2.75, 3.05) is 0 Å². The first-order valence-corrected chi connectivity index (χ1v) is 1.67. The highest BCUT2D eigenvalue weighted by Crippen LogP contribution is 1.47. The van der Waals surface area contributed by atoms with Gasteiger partial charge in [-0.05, 0) is 0 Å². The Balaban J connectivity index is 3.28.